The van der Waals surface area contributed by atoms with Crippen LogP contribution in [-0.4, -0.2) is 43.0 Å². The van der Waals surface area contributed by atoms with E-state index in [1.807, 2.05) is 10.7 Å². The minimum absolute atomic E-state index is 0.227. The predicted octanol–water partition coefficient (Wildman–Crippen LogP) is 1.27. The van der Waals surface area contributed by atoms with E-state index in [1.165, 1.54) is 11.1 Å². The average molecular weight is 364 g/mol. The minimum Gasteiger partial charge on any atom is -0.496 e. The van der Waals surface area contributed by atoms with Crippen LogP contribution in [0.15, 0.2) is 24.3 Å². The van der Waals surface area contributed by atoms with E-state index in [4.69, 9.17) is 4.74 Å². The Morgan fingerprint density at radius 3 is 2.80 bits per heavy atom. The standard InChI is InChI=1S/C17H24N4O3S/c1-13-4-5-14(17(8-13)24-2)11-20-6-7-21-16(12-20)9-15(19-21)10-18-25(3,22)23/h4-5,8-9,18H,6-7,10-12H2,1-3H3. The highest BCUT2D eigenvalue weighted by Crippen LogP contribution is 2.23. The molecular weight excluding hydrogens is 340 g/mol. The van der Waals surface area contributed by atoms with Crippen molar-refractivity contribution < 1.29 is 13.2 Å². The number of benzene rings is 1. The lowest BCUT2D eigenvalue weighted by Crippen LogP contribution is -2.33. The molecule has 1 N–H and O–H groups in total. The van der Waals surface area contributed by atoms with E-state index in [0.717, 1.165) is 49.6 Å². The Labute approximate surface area is 148 Å². The van der Waals surface area contributed by atoms with Crippen molar-refractivity contribution >= 4 is 10.0 Å². The maximum absolute atomic E-state index is 11.2. The summed E-state index contributed by atoms with van der Waals surface area (Å²) in [6.45, 7) is 5.56. The van der Waals surface area contributed by atoms with Crippen molar-refractivity contribution in [2.45, 2.75) is 33.1 Å². The van der Waals surface area contributed by atoms with Crippen molar-refractivity contribution in [3.63, 3.8) is 0 Å². The third-order valence-electron chi connectivity index (χ3n) is 4.28. The van der Waals surface area contributed by atoms with Crippen LogP contribution in [-0.2, 0) is 36.2 Å². The Bertz CT molecular complexity index is 861. The topological polar surface area (TPSA) is 76.5 Å². The van der Waals surface area contributed by atoms with Gasteiger partial charge in [0.2, 0.25) is 10.0 Å². The molecule has 2 aromatic rings. The third kappa shape index (κ3) is 4.59. The van der Waals surface area contributed by atoms with Crippen LogP contribution in [0.2, 0.25) is 0 Å². The van der Waals surface area contributed by atoms with E-state index in [1.54, 1.807) is 7.11 Å². The molecule has 0 saturated heterocycles. The number of sulfonamides is 1. The molecule has 1 aliphatic rings. The Morgan fingerprint density at radius 1 is 1.28 bits per heavy atom. The quantitative estimate of drug-likeness (QED) is 0.835. The fourth-order valence-corrected chi connectivity index (χ4v) is 3.44. The molecule has 0 fully saturated rings. The zero-order valence-electron chi connectivity index (χ0n) is 14.8. The van der Waals surface area contributed by atoms with E-state index < -0.39 is 10.0 Å². The van der Waals surface area contributed by atoms with Gasteiger partial charge in [-0.25, -0.2) is 13.1 Å². The highest BCUT2D eigenvalue weighted by atomic mass is 32.2. The van der Waals surface area contributed by atoms with Crippen molar-refractivity contribution in [3.8, 4) is 5.75 Å². The fourth-order valence-electron chi connectivity index (χ4n) is 3.03. The molecule has 7 nitrogen and oxygen atoms in total. The Balaban J connectivity index is 1.68. The zero-order valence-corrected chi connectivity index (χ0v) is 15.6. The van der Waals surface area contributed by atoms with Crippen LogP contribution in [0, 0.1) is 6.92 Å². The van der Waals surface area contributed by atoms with Crippen molar-refractivity contribution in [3.05, 3.63) is 46.8 Å². The van der Waals surface area contributed by atoms with Gasteiger partial charge in [0.05, 0.1) is 37.8 Å². The van der Waals surface area contributed by atoms with E-state index in [9.17, 15) is 8.42 Å². The van der Waals surface area contributed by atoms with Gasteiger partial charge in [0.1, 0.15) is 5.75 Å². The van der Waals surface area contributed by atoms with Gasteiger partial charge in [0.25, 0.3) is 0 Å². The molecule has 1 aromatic heterocycles. The molecule has 0 bridgehead atoms. The molecule has 0 spiro atoms. The van der Waals surface area contributed by atoms with Gasteiger partial charge in [0, 0.05) is 25.2 Å². The Hall–Kier alpha value is -1.90. The number of nitrogens with one attached hydrogen (secondary N) is 1. The zero-order chi connectivity index (χ0) is 18.0. The van der Waals surface area contributed by atoms with Gasteiger partial charge in [-0.1, -0.05) is 12.1 Å². The lowest BCUT2D eigenvalue weighted by atomic mass is 10.1. The normalized spacial score (nSPS) is 15.2. The lowest BCUT2D eigenvalue weighted by molar-refractivity contribution is 0.202. The van der Waals surface area contributed by atoms with Gasteiger partial charge in [-0.3, -0.25) is 9.58 Å². The van der Waals surface area contributed by atoms with Crippen LogP contribution >= 0.6 is 0 Å². The molecule has 0 amide bonds. The van der Waals surface area contributed by atoms with E-state index >= 15 is 0 Å². The second kappa shape index (κ2) is 7.15. The summed E-state index contributed by atoms with van der Waals surface area (Å²) >= 11 is 0. The Kier molecular flexibility index (Phi) is 5.12. The number of methoxy groups -OCH3 is 1. The maximum atomic E-state index is 11.2. The summed E-state index contributed by atoms with van der Waals surface area (Å²) < 4.78 is 32.4. The van der Waals surface area contributed by atoms with Gasteiger partial charge >= 0.3 is 0 Å². The van der Waals surface area contributed by atoms with Crippen LogP contribution in [0.1, 0.15) is 22.5 Å². The van der Waals surface area contributed by atoms with E-state index in [0.29, 0.717) is 0 Å². The first kappa shape index (κ1) is 17.9. The molecule has 8 heteroatoms. The van der Waals surface area contributed by atoms with Gasteiger partial charge in [-0.2, -0.15) is 5.10 Å². The maximum Gasteiger partial charge on any atom is 0.209 e. The van der Waals surface area contributed by atoms with Gasteiger partial charge in [-0.15, -0.1) is 0 Å². The largest absolute Gasteiger partial charge is 0.496 e. The van der Waals surface area contributed by atoms with Gasteiger partial charge in [0.15, 0.2) is 0 Å². The van der Waals surface area contributed by atoms with Crippen LogP contribution in [0.25, 0.3) is 0 Å². The van der Waals surface area contributed by atoms with Crippen molar-refractivity contribution in [1.29, 1.82) is 0 Å². The summed E-state index contributed by atoms with van der Waals surface area (Å²) in [5, 5.41) is 4.48. The van der Waals surface area contributed by atoms with Gasteiger partial charge in [-0.05, 0) is 24.6 Å². The second-order valence-corrected chi connectivity index (χ2v) is 8.30. The molecule has 0 unspecified atom stereocenters. The monoisotopic (exact) mass is 364 g/mol. The number of ether oxygens (including phenoxy) is 1. The number of hydrogen-bond donors (Lipinski definition) is 1. The van der Waals surface area contributed by atoms with Crippen molar-refractivity contribution in [2.24, 2.45) is 0 Å². The second-order valence-electron chi connectivity index (χ2n) is 6.47. The highest BCUT2D eigenvalue weighted by Gasteiger charge is 2.20. The summed E-state index contributed by atoms with van der Waals surface area (Å²) in [5.41, 5.74) is 4.19. The fraction of sp³-hybridized carbons (Fsp3) is 0.471. The summed E-state index contributed by atoms with van der Waals surface area (Å²) in [6, 6.07) is 8.23. The summed E-state index contributed by atoms with van der Waals surface area (Å²) in [7, 11) is -1.51. The molecule has 0 atom stereocenters. The molecule has 0 saturated carbocycles. The van der Waals surface area contributed by atoms with Crippen LogP contribution in [0.4, 0.5) is 0 Å². The van der Waals surface area contributed by atoms with Crippen LogP contribution < -0.4 is 9.46 Å². The third-order valence-corrected chi connectivity index (χ3v) is 4.95. The molecule has 0 radical (unpaired) electrons. The summed E-state index contributed by atoms with van der Waals surface area (Å²) in [6.07, 6.45) is 1.15. The van der Waals surface area contributed by atoms with Crippen LogP contribution in [0.5, 0.6) is 5.75 Å². The molecule has 1 aromatic carbocycles. The number of aryl methyl sites for hydroxylation is 1. The predicted molar refractivity (Wildman–Crippen MR) is 95.8 cm³/mol. The SMILES string of the molecule is COc1cc(C)ccc1CN1CCn2nc(CNS(C)(=O)=O)cc2C1. The number of rotatable bonds is 6. The number of fused-ring (bicyclic) bond motifs is 1. The first-order valence-corrected chi connectivity index (χ1v) is 10.1. The Morgan fingerprint density at radius 2 is 2.08 bits per heavy atom. The first-order chi connectivity index (χ1) is 11.8. The molecule has 1 aliphatic heterocycles. The lowest BCUT2D eigenvalue weighted by Gasteiger charge is -2.28. The smallest absolute Gasteiger partial charge is 0.209 e. The van der Waals surface area contributed by atoms with Crippen LogP contribution in [0.3, 0.4) is 0 Å². The summed E-state index contributed by atoms with van der Waals surface area (Å²) in [5.74, 6) is 0.914. The van der Waals surface area contributed by atoms with E-state index in [-0.39, 0.29) is 6.54 Å². The highest BCUT2D eigenvalue weighted by molar-refractivity contribution is 7.88. The average Bonchev–Trinajstić information content (AvgIpc) is 2.96. The molecule has 3 rings (SSSR count). The number of aromatic nitrogens is 2. The minimum atomic E-state index is -3.21. The van der Waals surface area contributed by atoms with Crippen molar-refractivity contribution in [2.75, 3.05) is 19.9 Å². The summed E-state index contributed by atoms with van der Waals surface area (Å²) in [4.78, 5) is 2.35. The number of hydrogen-bond acceptors (Lipinski definition) is 5. The molecule has 136 valence electrons. The molecule has 2 heterocycles. The molecular formula is C17H24N4O3S. The molecule has 0 aliphatic carbocycles. The number of nitrogens with zero attached hydrogens (tertiary/aromatic N) is 3. The van der Waals surface area contributed by atoms with E-state index in [2.05, 4.69) is 39.8 Å². The first-order valence-electron chi connectivity index (χ1n) is 8.20. The van der Waals surface area contributed by atoms with Crippen molar-refractivity contribution in [1.82, 2.24) is 19.4 Å². The van der Waals surface area contributed by atoms with Gasteiger partial charge < -0.3 is 4.74 Å². The molecule has 25 heavy (non-hydrogen) atoms.